The van der Waals surface area contributed by atoms with E-state index in [1.807, 2.05) is 54.6 Å². The van der Waals surface area contributed by atoms with Crippen LogP contribution in [0.5, 0.6) is 0 Å². The first-order chi connectivity index (χ1) is 13.8. The van der Waals surface area contributed by atoms with Gasteiger partial charge in [0, 0.05) is 37.6 Å². The molecule has 1 saturated heterocycles. The van der Waals surface area contributed by atoms with Crippen molar-refractivity contribution in [1.29, 1.82) is 0 Å². The van der Waals surface area contributed by atoms with Crippen molar-refractivity contribution in [3.8, 4) is 11.3 Å². The molecule has 1 aliphatic rings. The Hall–Kier alpha value is -3.28. The van der Waals surface area contributed by atoms with E-state index in [2.05, 4.69) is 25.4 Å². The van der Waals surface area contributed by atoms with Crippen LogP contribution in [0, 0.1) is 5.92 Å². The minimum atomic E-state index is -0.0407. The Balaban J connectivity index is 1.37. The molecule has 3 heterocycles. The zero-order valence-electron chi connectivity index (χ0n) is 15.7. The number of hydrogen-bond acceptors (Lipinski definition) is 5. The number of amides is 1. The summed E-state index contributed by atoms with van der Waals surface area (Å²) >= 11 is 0. The third-order valence-corrected chi connectivity index (χ3v) is 5.03. The lowest BCUT2D eigenvalue weighted by atomic mass is 9.97. The average Bonchev–Trinajstić information content (AvgIpc) is 2.79. The zero-order valence-corrected chi connectivity index (χ0v) is 15.7. The van der Waals surface area contributed by atoms with Crippen LogP contribution in [0.1, 0.15) is 18.4 Å². The summed E-state index contributed by atoms with van der Waals surface area (Å²) in [6.45, 7) is 2.07. The van der Waals surface area contributed by atoms with E-state index in [0.717, 1.165) is 42.0 Å². The molecule has 28 heavy (non-hydrogen) atoms. The summed E-state index contributed by atoms with van der Waals surface area (Å²) in [7, 11) is 0. The summed E-state index contributed by atoms with van der Waals surface area (Å²) in [4.78, 5) is 18.8. The highest BCUT2D eigenvalue weighted by Gasteiger charge is 2.26. The average molecular weight is 373 g/mol. The smallest absolute Gasteiger partial charge is 0.225 e. The number of piperidine rings is 1. The number of rotatable bonds is 5. The molecule has 1 aromatic carbocycles. The van der Waals surface area contributed by atoms with Gasteiger partial charge in [-0.2, -0.15) is 0 Å². The Morgan fingerprint density at radius 3 is 2.71 bits per heavy atom. The van der Waals surface area contributed by atoms with Gasteiger partial charge in [0.1, 0.15) is 0 Å². The van der Waals surface area contributed by atoms with Gasteiger partial charge in [-0.1, -0.05) is 36.4 Å². The third-order valence-electron chi connectivity index (χ3n) is 5.03. The lowest BCUT2D eigenvalue weighted by Gasteiger charge is -2.32. The fourth-order valence-electron chi connectivity index (χ4n) is 3.49. The molecule has 0 radical (unpaired) electrons. The summed E-state index contributed by atoms with van der Waals surface area (Å²) in [5, 5.41) is 11.8. The Bertz CT molecular complexity index is 899. The van der Waals surface area contributed by atoms with Gasteiger partial charge in [0.25, 0.3) is 0 Å². The minimum Gasteiger partial charge on any atom is -0.354 e. The predicted molar refractivity (Wildman–Crippen MR) is 108 cm³/mol. The molecule has 6 nitrogen and oxygen atoms in total. The molecule has 2 aromatic heterocycles. The molecule has 0 bridgehead atoms. The molecule has 6 heteroatoms. The topological polar surface area (TPSA) is 71.0 Å². The van der Waals surface area contributed by atoms with E-state index in [4.69, 9.17) is 0 Å². The highest BCUT2D eigenvalue weighted by Crippen LogP contribution is 2.23. The maximum absolute atomic E-state index is 12.6. The number of anilines is 1. The summed E-state index contributed by atoms with van der Waals surface area (Å²) in [5.74, 6) is 0.868. The van der Waals surface area contributed by atoms with Gasteiger partial charge in [-0.15, -0.1) is 10.2 Å². The molecular weight excluding hydrogens is 350 g/mol. The van der Waals surface area contributed by atoms with E-state index in [1.54, 1.807) is 12.4 Å². The fraction of sp³-hybridized carbons (Fsp3) is 0.273. The minimum absolute atomic E-state index is 0.0407. The lowest BCUT2D eigenvalue weighted by molar-refractivity contribution is -0.125. The molecule has 1 atom stereocenters. The maximum Gasteiger partial charge on any atom is 0.225 e. The van der Waals surface area contributed by atoms with Crippen molar-refractivity contribution in [2.24, 2.45) is 5.92 Å². The standard InChI is InChI=1S/C22H23N5O/c28-22(24-15-17-6-4-12-23-14-17)19-9-5-13-27(16-19)21-11-10-20(25-26-21)18-7-2-1-3-8-18/h1-4,6-8,10-12,14,19H,5,9,13,15-16H2,(H,24,28). The monoisotopic (exact) mass is 373 g/mol. The summed E-state index contributed by atoms with van der Waals surface area (Å²) in [5.41, 5.74) is 2.91. The van der Waals surface area contributed by atoms with Crippen LogP contribution < -0.4 is 10.2 Å². The molecule has 1 fully saturated rings. The van der Waals surface area contributed by atoms with Crippen LogP contribution in [-0.2, 0) is 11.3 Å². The molecule has 1 unspecified atom stereocenters. The molecule has 0 saturated carbocycles. The summed E-state index contributed by atoms with van der Waals surface area (Å²) in [6.07, 6.45) is 5.36. The third kappa shape index (κ3) is 4.34. The molecule has 0 spiro atoms. The van der Waals surface area contributed by atoms with Crippen LogP contribution in [-0.4, -0.2) is 34.2 Å². The second-order valence-corrected chi connectivity index (χ2v) is 7.01. The van der Waals surface area contributed by atoms with Gasteiger partial charge >= 0.3 is 0 Å². The molecule has 0 aliphatic carbocycles. The van der Waals surface area contributed by atoms with Crippen LogP contribution in [0.25, 0.3) is 11.3 Å². The number of nitrogens with zero attached hydrogens (tertiary/aromatic N) is 4. The number of aromatic nitrogens is 3. The number of benzene rings is 1. The second-order valence-electron chi connectivity index (χ2n) is 7.01. The first-order valence-electron chi connectivity index (χ1n) is 9.60. The lowest BCUT2D eigenvalue weighted by Crippen LogP contribution is -2.43. The van der Waals surface area contributed by atoms with E-state index < -0.39 is 0 Å². The summed E-state index contributed by atoms with van der Waals surface area (Å²) in [6, 6.07) is 17.8. The number of pyridine rings is 1. The van der Waals surface area contributed by atoms with Crippen LogP contribution in [0.15, 0.2) is 67.0 Å². The zero-order chi connectivity index (χ0) is 19.2. The number of nitrogens with one attached hydrogen (secondary N) is 1. The molecule has 1 amide bonds. The first-order valence-corrected chi connectivity index (χ1v) is 9.60. The predicted octanol–water partition coefficient (Wildman–Crippen LogP) is 3.07. The summed E-state index contributed by atoms with van der Waals surface area (Å²) < 4.78 is 0. The SMILES string of the molecule is O=C(NCc1cccnc1)C1CCCN(c2ccc(-c3ccccc3)nn2)C1. The maximum atomic E-state index is 12.6. The van der Waals surface area contributed by atoms with E-state index in [-0.39, 0.29) is 11.8 Å². The van der Waals surface area contributed by atoms with Gasteiger partial charge in [0.05, 0.1) is 11.6 Å². The van der Waals surface area contributed by atoms with E-state index in [1.165, 1.54) is 0 Å². The number of hydrogen-bond donors (Lipinski definition) is 1. The van der Waals surface area contributed by atoms with Crippen LogP contribution in [0.3, 0.4) is 0 Å². The Morgan fingerprint density at radius 2 is 1.96 bits per heavy atom. The van der Waals surface area contributed by atoms with Crippen molar-refractivity contribution >= 4 is 11.7 Å². The Labute approximate surface area is 164 Å². The van der Waals surface area contributed by atoms with Crippen molar-refractivity contribution in [3.63, 3.8) is 0 Å². The Morgan fingerprint density at radius 1 is 1.07 bits per heavy atom. The molecule has 1 aliphatic heterocycles. The molecule has 1 N–H and O–H groups in total. The van der Waals surface area contributed by atoms with Gasteiger partial charge < -0.3 is 10.2 Å². The first kappa shape index (κ1) is 18.1. The van der Waals surface area contributed by atoms with Crippen molar-refractivity contribution in [2.75, 3.05) is 18.0 Å². The van der Waals surface area contributed by atoms with Crippen molar-refractivity contribution < 1.29 is 4.79 Å². The number of carbonyl (C=O) groups excluding carboxylic acids is 1. The van der Waals surface area contributed by atoms with E-state index in [0.29, 0.717) is 13.1 Å². The van der Waals surface area contributed by atoms with Gasteiger partial charge in [0.2, 0.25) is 5.91 Å². The van der Waals surface area contributed by atoms with Gasteiger partial charge in [-0.05, 0) is 36.6 Å². The normalized spacial score (nSPS) is 16.6. The van der Waals surface area contributed by atoms with Crippen molar-refractivity contribution in [3.05, 3.63) is 72.6 Å². The van der Waals surface area contributed by atoms with Gasteiger partial charge in [0.15, 0.2) is 5.82 Å². The molecule has 142 valence electrons. The van der Waals surface area contributed by atoms with Crippen molar-refractivity contribution in [1.82, 2.24) is 20.5 Å². The second kappa shape index (κ2) is 8.61. The quantitative estimate of drug-likeness (QED) is 0.744. The number of carbonyl (C=O) groups is 1. The molecular formula is C22H23N5O. The van der Waals surface area contributed by atoms with Crippen LogP contribution in [0.4, 0.5) is 5.82 Å². The Kier molecular flexibility index (Phi) is 5.56. The fourth-order valence-corrected chi connectivity index (χ4v) is 3.49. The van der Waals surface area contributed by atoms with Crippen molar-refractivity contribution in [2.45, 2.75) is 19.4 Å². The van der Waals surface area contributed by atoms with Gasteiger partial charge in [-0.3, -0.25) is 9.78 Å². The highest BCUT2D eigenvalue weighted by molar-refractivity contribution is 5.79. The highest BCUT2D eigenvalue weighted by atomic mass is 16.1. The molecule has 4 rings (SSSR count). The van der Waals surface area contributed by atoms with Crippen LogP contribution >= 0.6 is 0 Å². The van der Waals surface area contributed by atoms with Crippen LogP contribution in [0.2, 0.25) is 0 Å². The van der Waals surface area contributed by atoms with E-state index >= 15 is 0 Å². The van der Waals surface area contributed by atoms with E-state index in [9.17, 15) is 4.79 Å². The molecule has 3 aromatic rings. The van der Waals surface area contributed by atoms with Gasteiger partial charge in [-0.25, -0.2) is 0 Å². The largest absolute Gasteiger partial charge is 0.354 e.